The first-order valence-corrected chi connectivity index (χ1v) is 11.8. The van der Waals surface area contributed by atoms with Gasteiger partial charge in [0.15, 0.2) is 5.78 Å². The second kappa shape index (κ2) is 12.1. The second-order valence-electron chi connectivity index (χ2n) is 8.46. The molecular formula is C28H31NO6. The highest BCUT2D eigenvalue weighted by atomic mass is 16.6. The zero-order valence-electron chi connectivity index (χ0n) is 20.1. The molecule has 0 bridgehead atoms. The Morgan fingerprint density at radius 2 is 1.66 bits per heavy atom. The summed E-state index contributed by atoms with van der Waals surface area (Å²) in [5.41, 5.74) is 3.13. The van der Waals surface area contributed by atoms with Crippen LogP contribution in [0, 0.1) is 11.8 Å². The van der Waals surface area contributed by atoms with Crippen molar-refractivity contribution in [1.29, 1.82) is 0 Å². The number of allylic oxidation sites excluding steroid dienone is 1. The number of carbonyl (C=O) groups excluding carboxylic acids is 4. The summed E-state index contributed by atoms with van der Waals surface area (Å²) in [7, 11) is 0. The Kier molecular flexibility index (Phi) is 8.95. The lowest BCUT2D eigenvalue weighted by atomic mass is 9.83. The molecule has 7 nitrogen and oxygen atoms in total. The predicted octanol–water partition coefficient (Wildman–Crippen LogP) is 4.70. The monoisotopic (exact) mass is 477 g/mol. The number of likely N-dealkylation sites (tertiary alicyclic amines) is 1. The van der Waals surface area contributed by atoms with Gasteiger partial charge in [-0.25, -0.2) is 9.59 Å². The molecule has 2 aromatic rings. The fraction of sp³-hybridized carbons (Fsp3) is 0.357. The normalized spacial score (nSPS) is 19.1. The van der Waals surface area contributed by atoms with E-state index in [1.165, 1.54) is 4.90 Å². The van der Waals surface area contributed by atoms with Crippen LogP contribution in [0.1, 0.15) is 48.2 Å². The Morgan fingerprint density at radius 1 is 1.00 bits per heavy atom. The van der Waals surface area contributed by atoms with E-state index in [0.717, 1.165) is 23.1 Å². The molecule has 35 heavy (non-hydrogen) atoms. The van der Waals surface area contributed by atoms with E-state index in [1.807, 2.05) is 49.4 Å². The highest BCUT2D eigenvalue weighted by Crippen LogP contribution is 2.36. The number of esters is 1. The van der Waals surface area contributed by atoms with Crippen molar-refractivity contribution in [3.63, 3.8) is 0 Å². The maximum Gasteiger partial charge on any atom is 0.410 e. The van der Waals surface area contributed by atoms with Gasteiger partial charge in [-0.3, -0.25) is 9.69 Å². The van der Waals surface area contributed by atoms with Gasteiger partial charge in [-0.1, -0.05) is 68.1 Å². The molecule has 1 amide bonds. The highest BCUT2D eigenvalue weighted by molar-refractivity contribution is 6.00. The van der Waals surface area contributed by atoms with Crippen LogP contribution in [0.3, 0.4) is 0 Å². The van der Waals surface area contributed by atoms with E-state index in [1.54, 1.807) is 19.1 Å². The lowest BCUT2D eigenvalue weighted by Crippen LogP contribution is -2.44. The van der Waals surface area contributed by atoms with Crippen LogP contribution >= 0.6 is 0 Å². The maximum absolute atomic E-state index is 13.5. The number of hydrogen-bond donors (Lipinski definition) is 0. The molecular weight excluding hydrogens is 446 g/mol. The summed E-state index contributed by atoms with van der Waals surface area (Å²) < 4.78 is 10.7. The van der Waals surface area contributed by atoms with E-state index in [2.05, 4.69) is 6.58 Å². The maximum atomic E-state index is 13.5. The highest BCUT2D eigenvalue weighted by Gasteiger charge is 2.51. The molecule has 0 spiro atoms. The SMILES string of the molecule is C=C(CC)c1ccc(C(=O)[C@H]2CN(C(=O)OCc3ccccc3)[C@H](C(=O)OCC)[C@H]2CC=O)cc1. The quantitative estimate of drug-likeness (QED) is 0.280. The number of ketones is 1. The molecule has 1 aliphatic rings. The number of rotatable bonds is 10. The lowest BCUT2D eigenvalue weighted by Gasteiger charge is -2.25. The predicted molar refractivity (Wildman–Crippen MR) is 132 cm³/mol. The minimum absolute atomic E-state index is 0.0193. The molecule has 0 aromatic heterocycles. The summed E-state index contributed by atoms with van der Waals surface area (Å²) >= 11 is 0. The van der Waals surface area contributed by atoms with Gasteiger partial charge in [0, 0.05) is 30.4 Å². The van der Waals surface area contributed by atoms with Crippen molar-refractivity contribution in [1.82, 2.24) is 4.90 Å². The van der Waals surface area contributed by atoms with Crippen LogP contribution in [0.4, 0.5) is 4.79 Å². The van der Waals surface area contributed by atoms with Crippen molar-refractivity contribution in [2.24, 2.45) is 11.8 Å². The number of Topliss-reactive ketones (excluding diaryl/α,β-unsaturated/α-hetero) is 1. The van der Waals surface area contributed by atoms with Crippen molar-refractivity contribution in [2.75, 3.05) is 13.2 Å². The van der Waals surface area contributed by atoms with Gasteiger partial charge in [0.2, 0.25) is 0 Å². The molecule has 0 unspecified atom stereocenters. The Labute approximate surface area is 205 Å². The first-order valence-electron chi connectivity index (χ1n) is 11.8. The molecule has 1 aliphatic heterocycles. The molecule has 7 heteroatoms. The van der Waals surface area contributed by atoms with E-state index >= 15 is 0 Å². The average Bonchev–Trinajstić information content (AvgIpc) is 3.27. The van der Waals surface area contributed by atoms with E-state index in [0.29, 0.717) is 11.8 Å². The molecule has 3 atom stereocenters. The smallest absolute Gasteiger partial charge is 0.410 e. The molecule has 1 heterocycles. The van der Waals surface area contributed by atoms with Gasteiger partial charge < -0.3 is 14.3 Å². The number of nitrogens with zero attached hydrogens (tertiary/aromatic N) is 1. The van der Waals surface area contributed by atoms with Crippen LogP contribution < -0.4 is 0 Å². The number of aldehydes is 1. The standard InChI is InChI=1S/C28H31NO6/c1-4-19(3)21-11-13-22(14-12-21)26(31)24-17-29(25(23(24)15-16-30)27(32)34-5-2)28(33)35-18-20-9-7-6-8-10-20/h6-14,16,23-25H,3-5,15,17-18H2,1-2H3/t23-,24-,25-/m0/s1. The Morgan fingerprint density at radius 3 is 2.26 bits per heavy atom. The average molecular weight is 478 g/mol. The molecule has 0 saturated carbocycles. The number of amides is 1. The third-order valence-electron chi connectivity index (χ3n) is 6.33. The fourth-order valence-corrected chi connectivity index (χ4v) is 4.40. The van der Waals surface area contributed by atoms with Gasteiger partial charge in [-0.15, -0.1) is 0 Å². The van der Waals surface area contributed by atoms with Crippen LogP contribution in [-0.2, 0) is 25.7 Å². The molecule has 2 aromatic carbocycles. The largest absolute Gasteiger partial charge is 0.464 e. The Bertz CT molecular complexity index is 1060. The minimum atomic E-state index is -1.09. The molecule has 184 valence electrons. The summed E-state index contributed by atoms with van der Waals surface area (Å²) in [6.45, 7) is 7.76. The van der Waals surface area contributed by atoms with Crippen LogP contribution in [0.15, 0.2) is 61.2 Å². The van der Waals surface area contributed by atoms with Crippen molar-refractivity contribution in [3.8, 4) is 0 Å². The number of ether oxygens (including phenoxy) is 2. The first kappa shape index (κ1) is 25.9. The zero-order chi connectivity index (χ0) is 25.4. The van der Waals surface area contributed by atoms with E-state index in [-0.39, 0.29) is 32.0 Å². The van der Waals surface area contributed by atoms with E-state index < -0.39 is 29.9 Å². The third-order valence-corrected chi connectivity index (χ3v) is 6.33. The summed E-state index contributed by atoms with van der Waals surface area (Å²) in [6.07, 6.45) is 0.670. The van der Waals surface area contributed by atoms with Gasteiger partial charge in [-0.05, 0) is 30.0 Å². The van der Waals surface area contributed by atoms with Crippen molar-refractivity contribution in [2.45, 2.75) is 39.3 Å². The van der Waals surface area contributed by atoms with Gasteiger partial charge in [0.25, 0.3) is 0 Å². The molecule has 3 rings (SSSR count). The van der Waals surface area contributed by atoms with Crippen LogP contribution in [0.2, 0.25) is 0 Å². The molecule has 0 aliphatic carbocycles. The van der Waals surface area contributed by atoms with Crippen LogP contribution in [0.5, 0.6) is 0 Å². The second-order valence-corrected chi connectivity index (χ2v) is 8.46. The fourth-order valence-electron chi connectivity index (χ4n) is 4.40. The zero-order valence-corrected chi connectivity index (χ0v) is 20.1. The number of hydrogen-bond acceptors (Lipinski definition) is 6. The summed E-state index contributed by atoms with van der Waals surface area (Å²) in [6, 6.07) is 15.2. The van der Waals surface area contributed by atoms with E-state index in [4.69, 9.17) is 9.47 Å². The molecule has 0 radical (unpaired) electrons. The van der Waals surface area contributed by atoms with Gasteiger partial charge in [-0.2, -0.15) is 0 Å². The molecule has 1 saturated heterocycles. The van der Waals surface area contributed by atoms with Crippen molar-refractivity contribution in [3.05, 3.63) is 77.9 Å². The lowest BCUT2D eigenvalue weighted by molar-refractivity contribution is -0.149. The van der Waals surface area contributed by atoms with Gasteiger partial charge in [0.1, 0.15) is 18.9 Å². The minimum Gasteiger partial charge on any atom is -0.464 e. The molecule has 0 N–H and O–H groups in total. The first-order chi connectivity index (χ1) is 16.9. The number of carbonyl (C=O) groups is 4. The third kappa shape index (κ3) is 6.04. The molecule has 1 fully saturated rings. The summed E-state index contributed by atoms with van der Waals surface area (Å²) in [5, 5.41) is 0. The summed E-state index contributed by atoms with van der Waals surface area (Å²) in [4.78, 5) is 52.1. The van der Waals surface area contributed by atoms with Gasteiger partial charge in [0.05, 0.1) is 6.61 Å². The van der Waals surface area contributed by atoms with Crippen LogP contribution in [-0.4, -0.2) is 48.2 Å². The summed E-state index contributed by atoms with van der Waals surface area (Å²) in [5.74, 6) is -2.35. The topological polar surface area (TPSA) is 90.0 Å². The van der Waals surface area contributed by atoms with Crippen LogP contribution in [0.25, 0.3) is 5.57 Å². The Hall–Kier alpha value is -3.74. The number of benzene rings is 2. The van der Waals surface area contributed by atoms with Crippen molar-refractivity contribution >= 4 is 29.7 Å². The Balaban J connectivity index is 1.86. The van der Waals surface area contributed by atoms with Gasteiger partial charge >= 0.3 is 12.1 Å². The van der Waals surface area contributed by atoms with Crippen molar-refractivity contribution < 1.29 is 28.7 Å². The van der Waals surface area contributed by atoms with E-state index in [9.17, 15) is 19.2 Å².